The number of piperidine rings is 1. The van der Waals surface area contributed by atoms with Gasteiger partial charge in [-0.3, -0.25) is 24.6 Å². The fourth-order valence-electron chi connectivity index (χ4n) is 4.73. The van der Waals surface area contributed by atoms with Gasteiger partial charge in [0.2, 0.25) is 5.91 Å². The van der Waals surface area contributed by atoms with Crippen LogP contribution in [0.2, 0.25) is 0 Å². The molecule has 9 heteroatoms. The van der Waals surface area contributed by atoms with Crippen molar-refractivity contribution in [2.75, 3.05) is 50.7 Å². The maximum atomic E-state index is 12.8. The monoisotopic (exact) mass is 445 g/mol. The normalized spacial score (nSPS) is 22.2. The standard InChI is InChI=1S/C23H35N5O4/c1-16(2)24-23(30)19-5-6-20(21(12-19)28(31)32)26-9-7-25(8-10-26)15-22(29)27-13-17(3)11-18(4)14-27/h5-6,12,16-18H,7-11,13-15H2,1-4H3,(H,24,30). The van der Waals surface area contributed by atoms with Crippen molar-refractivity contribution < 1.29 is 14.5 Å². The van der Waals surface area contributed by atoms with Crippen molar-refractivity contribution in [3.63, 3.8) is 0 Å². The van der Waals surface area contributed by atoms with Crippen molar-refractivity contribution >= 4 is 23.2 Å². The quantitative estimate of drug-likeness (QED) is 0.533. The zero-order chi connectivity index (χ0) is 23.4. The van der Waals surface area contributed by atoms with Gasteiger partial charge in [0.25, 0.3) is 11.6 Å². The second-order valence-corrected chi connectivity index (χ2v) is 9.60. The van der Waals surface area contributed by atoms with Crippen LogP contribution in [0.15, 0.2) is 18.2 Å². The van der Waals surface area contributed by atoms with Crippen molar-refractivity contribution in [3.8, 4) is 0 Å². The summed E-state index contributed by atoms with van der Waals surface area (Å²) in [7, 11) is 0. The molecule has 1 N–H and O–H groups in total. The summed E-state index contributed by atoms with van der Waals surface area (Å²) in [6.45, 7) is 12.6. The lowest BCUT2D eigenvalue weighted by Crippen LogP contribution is -2.52. The molecule has 32 heavy (non-hydrogen) atoms. The molecule has 0 aromatic heterocycles. The van der Waals surface area contributed by atoms with Crippen LogP contribution < -0.4 is 10.2 Å². The minimum absolute atomic E-state index is 0.0478. The molecule has 0 aliphatic carbocycles. The summed E-state index contributed by atoms with van der Waals surface area (Å²) in [6.07, 6.45) is 1.17. The first-order chi connectivity index (χ1) is 15.1. The summed E-state index contributed by atoms with van der Waals surface area (Å²) in [5.41, 5.74) is 0.728. The first-order valence-electron chi connectivity index (χ1n) is 11.5. The van der Waals surface area contributed by atoms with Gasteiger partial charge in [0.15, 0.2) is 0 Å². The Kier molecular flexibility index (Phi) is 7.71. The van der Waals surface area contributed by atoms with Crippen molar-refractivity contribution in [3.05, 3.63) is 33.9 Å². The van der Waals surface area contributed by atoms with E-state index in [0.29, 0.717) is 50.2 Å². The van der Waals surface area contributed by atoms with Gasteiger partial charge in [-0.1, -0.05) is 13.8 Å². The first-order valence-corrected chi connectivity index (χ1v) is 11.5. The molecule has 2 fully saturated rings. The van der Waals surface area contributed by atoms with Crippen LogP contribution in [0, 0.1) is 22.0 Å². The Morgan fingerprint density at radius 1 is 1.12 bits per heavy atom. The molecule has 2 atom stereocenters. The van der Waals surface area contributed by atoms with E-state index in [4.69, 9.17) is 0 Å². The number of hydrogen-bond donors (Lipinski definition) is 1. The van der Waals surface area contributed by atoms with Crippen LogP contribution in [0.5, 0.6) is 0 Å². The second kappa shape index (κ2) is 10.3. The summed E-state index contributed by atoms with van der Waals surface area (Å²) in [5.74, 6) is 0.916. The molecule has 0 spiro atoms. The summed E-state index contributed by atoms with van der Waals surface area (Å²) in [4.78, 5) is 42.3. The average Bonchev–Trinajstić information content (AvgIpc) is 2.72. The highest BCUT2D eigenvalue weighted by Gasteiger charge is 2.29. The van der Waals surface area contributed by atoms with Gasteiger partial charge in [-0.05, 0) is 44.2 Å². The number of rotatable bonds is 6. The van der Waals surface area contributed by atoms with E-state index in [0.717, 1.165) is 13.1 Å². The second-order valence-electron chi connectivity index (χ2n) is 9.60. The van der Waals surface area contributed by atoms with Crippen LogP contribution in [0.3, 0.4) is 0 Å². The molecule has 1 aromatic carbocycles. The minimum atomic E-state index is -0.434. The molecular formula is C23H35N5O4. The number of likely N-dealkylation sites (tertiary alicyclic amines) is 1. The van der Waals surface area contributed by atoms with E-state index in [-0.39, 0.29) is 29.1 Å². The van der Waals surface area contributed by atoms with Gasteiger partial charge >= 0.3 is 0 Å². The number of nitrogens with zero attached hydrogens (tertiary/aromatic N) is 4. The molecule has 2 unspecified atom stereocenters. The summed E-state index contributed by atoms with van der Waals surface area (Å²) >= 11 is 0. The SMILES string of the molecule is CC1CC(C)CN(C(=O)CN2CCN(c3ccc(C(=O)NC(C)C)cc3[N+](=O)[O-])CC2)C1. The summed E-state index contributed by atoms with van der Waals surface area (Å²) in [6, 6.07) is 4.59. The van der Waals surface area contributed by atoms with E-state index >= 15 is 0 Å². The number of carbonyl (C=O) groups excluding carboxylic acids is 2. The average molecular weight is 446 g/mol. The van der Waals surface area contributed by atoms with Gasteiger partial charge in [-0.25, -0.2) is 0 Å². The van der Waals surface area contributed by atoms with Crippen molar-refractivity contribution in [2.24, 2.45) is 11.8 Å². The number of hydrogen-bond acceptors (Lipinski definition) is 6. The molecule has 2 amide bonds. The molecule has 2 heterocycles. The van der Waals surface area contributed by atoms with Crippen LogP contribution in [0.4, 0.5) is 11.4 Å². The maximum absolute atomic E-state index is 12.8. The predicted molar refractivity (Wildman–Crippen MR) is 124 cm³/mol. The largest absolute Gasteiger partial charge is 0.363 e. The molecule has 3 rings (SSSR count). The number of benzene rings is 1. The van der Waals surface area contributed by atoms with Crippen molar-refractivity contribution in [2.45, 2.75) is 40.2 Å². The first kappa shape index (κ1) is 24.0. The van der Waals surface area contributed by atoms with E-state index in [1.807, 2.05) is 23.6 Å². The smallest absolute Gasteiger partial charge is 0.293 e. The van der Waals surface area contributed by atoms with E-state index in [2.05, 4.69) is 24.1 Å². The lowest BCUT2D eigenvalue weighted by molar-refractivity contribution is -0.384. The van der Waals surface area contributed by atoms with Crippen molar-refractivity contribution in [1.29, 1.82) is 0 Å². The summed E-state index contributed by atoms with van der Waals surface area (Å²) < 4.78 is 0. The molecule has 0 radical (unpaired) electrons. The topological polar surface area (TPSA) is 99.0 Å². The zero-order valence-electron chi connectivity index (χ0n) is 19.5. The molecule has 2 aliphatic heterocycles. The van der Waals surface area contributed by atoms with Crippen LogP contribution in [-0.4, -0.2) is 78.4 Å². The van der Waals surface area contributed by atoms with Crippen LogP contribution in [-0.2, 0) is 4.79 Å². The highest BCUT2D eigenvalue weighted by molar-refractivity contribution is 5.96. The number of nitro benzene ring substituents is 1. The third-order valence-corrected chi connectivity index (χ3v) is 6.15. The van der Waals surface area contributed by atoms with Gasteiger partial charge in [-0.15, -0.1) is 0 Å². The Hall–Kier alpha value is -2.68. The van der Waals surface area contributed by atoms with Gasteiger partial charge in [0.1, 0.15) is 5.69 Å². The number of piperazine rings is 1. The maximum Gasteiger partial charge on any atom is 0.293 e. The molecule has 176 valence electrons. The van der Waals surface area contributed by atoms with Gasteiger partial charge in [0, 0.05) is 56.9 Å². The molecular weight excluding hydrogens is 410 g/mol. The summed E-state index contributed by atoms with van der Waals surface area (Å²) in [5, 5.41) is 14.4. The third kappa shape index (κ3) is 5.97. The minimum Gasteiger partial charge on any atom is -0.363 e. The van der Waals surface area contributed by atoms with E-state index in [9.17, 15) is 19.7 Å². The fourth-order valence-corrected chi connectivity index (χ4v) is 4.73. The molecule has 0 bridgehead atoms. The number of anilines is 1. The number of amides is 2. The Morgan fingerprint density at radius 2 is 1.75 bits per heavy atom. The lowest BCUT2D eigenvalue weighted by Gasteiger charge is -2.38. The Morgan fingerprint density at radius 3 is 2.31 bits per heavy atom. The van der Waals surface area contributed by atoms with E-state index < -0.39 is 4.92 Å². The van der Waals surface area contributed by atoms with E-state index in [1.165, 1.54) is 12.5 Å². The molecule has 0 saturated carbocycles. The molecule has 9 nitrogen and oxygen atoms in total. The van der Waals surface area contributed by atoms with Crippen LogP contribution in [0.1, 0.15) is 44.5 Å². The predicted octanol–water partition coefficient (Wildman–Crippen LogP) is 2.36. The fraction of sp³-hybridized carbons (Fsp3) is 0.652. The number of nitrogens with one attached hydrogen (secondary N) is 1. The Labute approximate surface area is 189 Å². The number of nitro groups is 1. The Balaban J connectivity index is 1.61. The zero-order valence-corrected chi connectivity index (χ0v) is 19.5. The highest BCUT2D eigenvalue weighted by atomic mass is 16.6. The molecule has 1 aromatic rings. The van der Waals surface area contributed by atoms with Crippen molar-refractivity contribution in [1.82, 2.24) is 15.1 Å². The lowest BCUT2D eigenvalue weighted by atomic mass is 9.92. The van der Waals surface area contributed by atoms with Gasteiger partial charge < -0.3 is 15.1 Å². The molecule has 2 saturated heterocycles. The van der Waals surface area contributed by atoms with Gasteiger partial charge in [0.05, 0.1) is 11.5 Å². The van der Waals surface area contributed by atoms with Crippen LogP contribution in [0.25, 0.3) is 0 Å². The molecule has 2 aliphatic rings. The number of carbonyl (C=O) groups is 2. The van der Waals surface area contributed by atoms with Gasteiger partial charge in [-0.2, -0.15) is 0 Å². The Bertz CT molecular complexity index is 841. The van der Waals surface area contributed by atoms with Crippen LogP contribution >= 0.6 is 0 Å². The highest BCUT2D eigenvalue weighted by Crippen LogP contribution is 2.30. The third-order valence-electron chi connectivity index (χ3n) is 6.15. The van der Waals surface area contributed by atoms with E-state index in [1.54, 1.807) is 12.1 Å².